The minimum Gasteiger partial charge on any atom is -0.379 e. The summed E-state index contributed by atoms with van der Waals surface area (Å²) in [6.45, 7) is 5.03. The molecule has 22 heavy (non-hydrogen) atoms. The van der Waals surface area contributed by atoms with Gasteiger partial charge in [0.2, 0.25) is 5.91 Å². The predicted octanol–water partition coefficient (Wildman–Crippen LogP) is 1.31. The molecule has 1 N–H and O–H groups in total. The Morgan fingerprint density at radius 2 is 2.45 bits per heavy atom. The van der Waals surface area contributed by atoms with Crippen molar-refractivity contribution >= 4 is 17.2 Å². The van der Waals surface area contributed by atoms with E-state index in [1.54, 1.807) is 4.57 Å². The predicted molar refractivity (Wildman–Crippen MR) is 85.4 cm³/mol. The molecule has 0 saturated carbocycles. The third kappa shape index (κ3) is 5.55. The molecule has 1 amide bonds. The quantitative estimate of drug-likeness (QED) is 0.694. The number of amides is 1. The zero-order valence-electron chi connectivity index (χ0n) is 13.0. The zero-order valence-corrected chi connectivity index (χ0v) is 13.8. The number of ether oxygens (including phenoxy) is 2. The van der Waals surface area contributed by atoms with Gasteiger partial charge in [0, 0.05) is 43.8 Å². The lowest BCUT2D eigenvalue weighted by Gasteiger charge is -2.10. The van der Waals surface area contributed by atoms with Gasteiger partial charge in [0.05, 0.1) is 12.7 Å². The Morgan fingerprint density at radius 1 is 1.59 bits per heavy atom. The van der Waals surface area contributed by atoms with E-state index in [-0.39, 0.29) is 16.9 Å². The first kappa shape index (κ1) is 17.2. The Kier molecular flexibility index (Phi) is 7.08. The van der Waals surface area contributed by atoms with Crippen molar-refractivity contribution in [3.8, 4) is 0 Å². The first-order valence-corrected chi connectivity index (χ1v) is 8.66. The normalized spacial score (nSPS) is 17.8. The van der Waals surface area contributed by atoms with E-state index in [9.17, 15) is 9.59 Å². The van der Waals surface area contributed by atoms with E-state index in [0.717, 1.165) is 31.6 Å². The van der Waals surface area contributed by atoms with Gasteiger partial charge in [-0.2, -0.15) is 0 Å². The number of aryl methyl sites for hydroxylation is 1. The standard InChI is InChI=1S/C15H24N2O4S/c1-12-11-22-15(19)17(12)7-5-14(18)16-6-3-8-20-10-13-4-2-9-21-13/h11,13H,2-10H2,1H3,(H,16,18). The van der Waals surface area contributed by atoms with Crippen LogP contribution in [-0.4, -0.2) is 42.9 Å². The van der Waals surface area contributed by atoms with Crippen molar-refractivity contribution in [3.63, 3.8) is 0 Å². The fraction of sp³-hybridized carbons (Fsp3) is 0.733. The van der Waals surface area contributed by atoms with Crippen LogP contribution in [0.4, 0.5) is 0 Å². The Hall–Kier alpha value is -1.18. The molecule has 6 nitrogen and oxygen atoms in total. The highest BCUT2D eigenvalue weighted by atomic mass is 32.1. The van der Waals surface area contributed by atoms with Crippen LogP contribution in [0.3, 0.4) is 0 Å². The van der Waals surface area contributed by atoms with Gasteiger partial charge in [0.25, 0.3) is 0 Å². The van der Waals surface area contributed by atoms with Gasteiger partial charge in [0.1, 0.15) is 0 Å². The highest BCUT2D eigenvalue weighted by Gasteiger charge is 2.14. The van der Waals surface area contributed by atoms with Gasteiger partial charge in [-0.25, -0.2) is 0 Å². The second kappa shape index (κ2) is 9.07. The van der Waals surface area contributed by atoms with Crippen LogP contribution in [0.15, 0.2) is 10.2 Å². The lowest BCUT2D eigenvalue weighted by molar-refractivity contribution is -0.121. The molecule has 1 aliphatic heterocycles. The fourth-order valence-electron chi connectivity index (χ4n) is 2.37. The molecular formula is C15H24N2O4S. The van der Waals surface area contributed by atoms with E-state index >= 15 is 0 Å². The SMILES string of the molecule is Cc1csc(=O)n1CCC(=O)NCCCOCC1CCCO1. The molecule has 2 heterocycles. The van der Waals surface area contributed by atoms with Gasteiger partial charge < -0.3 is 19.4 Å². The van der Waals surface area contributed by atoms with Crippen molar-refractivity contribution in [2.45, 2.75) is 45.3 Å². The number of nitrogens with zero attached hydrogens (tertiary/aromatic N) is 1. The summed E-state index contributed by atoms with van der Waals surface area (Å²) >= 11 is 1.17. The molecule has 124 valence electrons. The highest BCUT2D eigenvalue weighted by Crippen LogP contribution is 2.11. The number of aromatic nitrogens is 1. The molecule has 1 aromatic heterocycles. The van der Waals surface area contributed by atoms with Crippen LogP contribution in [0.2, 0.25) is 0 Å². The lowest BCUT2D eigenvalue weighted by atomic mass is 10.2. The molecule has 1 aliphatic rings. The number of thiazole rings is 1. The maximum Gasteiger partial charge on any atom is 0.307 e. The van der Waals surface area contributed by atoms with Gasteiger partial charge in [-0.15, -0.1) is 0 Å². The fourth-order valence-corrected chi connectivity index (χ4v) is 3.13. The van der Waals surface area contributed by atoms with Crippen LogP contribution in [0.25, 0.3) is 0 Å². The molecule has 1 unspecified atom stereocenters. The average molecular weight is 328 g/mol. The summed E-state index contributed by atoms with van der Waals surface area (Å²) in [5.41, 5.74) is 0.908. The van der Waals surface area contributed by atoms with E-state index in [1.807, 2.05) is 12.3 Å². The summed E-state index contributed by atoms with van der Waals surface area (Å²) in [6, 6.07) is 0. The van der Waals surface area contributed by atoms with Crippen molar-refractivity contribution < 1.29 is 14.3 Å². The van der Waals surface area contributed by atoms with Crippen LogP contribution in [0.1, 0.15) is 31.4 Å². The van der Waals surface area contributed by atoms with E-state index in [0.29, 0.717) is 32.7 Å². The first-order valence-electron chi connectivity index (χ1n) is 7.78. The van der Waals surface area contributed by atoms with E-state index in [1.165, 1.54) is 11.3 Å². The van der Waals surface area contributed by atoms with Crippen molar-refractivity contribution in [3.05, 3.63) is 20.7 Å². The Labute approximate surface area is 134 Å². The van der Waals surface area contributed by atoms with Gasteiger partial charge in [-0.3, -0.25) is 9.59 Å². The molecular weight excluding hydrogens is 304 g/mol. The van der Waals surface area contributed by atoms with Crippen molar-refractivity contribution in [2.75, 3.05) is 26.4 Å². The highest BCUT2D eigenvalue weighted by molar-refractivity contribution is 7.07. The molecule has 0 bridgehead atoms. The van der Waals surface area contributed by atoms with Gasteiger partial charge in [-0.1, -0.05) is 11.3 Å². The number of hydrogen-bond acceptors (Lipinski definition) is 5. The monoisotopic (exact) mass is 328 g/mol. The minimum atomic E-state index is -0.0309. The summed E-state index contributed by atoms with van der Waals surface area (Å²) in [7, 11) is 0. The summed E-state index contributed by atoms with van der Waals surface area (Å²) in [5, 5.41) is 4.66. The third-order valence-electron chi connectivity index (χ3n) is 3.65. The largest absolute Gasteiger partial charge is 0.379 e. The van der Waals surface area contributed by atoms with Crippen LogP contribution in [-0.2, 0) is 20.8 Å². The first-order chi connectivity index (χ1) is 10.7. The lowest BCUT2D eigenvalue weighted by Crippen LogP contribution is -2.28. The maximum absolute atomic E-state index is 11.7. The molecule has 7 heteroatoms. The van der Waals surface area contributed by atoms with Crippen LogP contribution >= 0.6 is 11.3 Å². The number of hydrogen-bond donors (Lipinski definition) is 1. The van der Waals surface area contributed by atoms with Crippen molar-refractivity contribution in [1.82, 2.24) is 9.88 Å². The average Bonchev–Trinajstić information content (AvgIpc) is 3.12. The summed E-state index contributed by atoms with van der Waals surface area (Å²) in [5.74, 6) is -0.0309. The molecule has 0 aliphatic carbocycles. The Morgan fingerprint density at radius 3 is 3.14 bits per heavy atom. The summed E-state index contributed by atoms with van der Waals surface area (Å²) in [4.78, 5) is 23.2. The van der Waals surface area contributed by atoms with Gasteiger partial charge >= 0.3 is 4.87 Å². The summed E-state index contributed by atoms with van der Waals surface area (Å²) < 4.78 is 12.6. The van der Waals surface area contributed by atoms with Crippen LogP contribution in [0.5, 0.6) is 0 Å². The third-order valence-corrected chi connectivity index (χ3v) is 4.54. The second-order valence-electron chi connectivity index (χ2n) is 5.46. The summed E-state index contributed by atoms with van der Waals surface area (Å²) in [6.07, 6.45) is 3.57. The van der Waals surface area contributed by atoms with Crippen molar-refractivity contribution in [2.24, 2.45) is 0 Å². The van der Waals surface area contributed by atoms with E-state index < -0.39 is 0 Å². The van der Waals surface area contributed by atoms with Crippen LogP contribution < -0.4 is 10.2 Å². The molecule has 0 aromatic carbocycles. The number of nitrogens with one attached hydrogen (secondary N) is 1. The molecule has 0 spiro atoms. The number of carbonyl (C=O) groups excluding carboxylic acids is 1. The number of rotatable bonds is 9. The maximum atomic E-state index is 11.7. The molecule has 2 rings (SSSR count). The molecule has 0 radical (unpaired) electrons. The minimum absolute atomic E-state index is 0.00664. The van der Waals surface area contributed by atoms with Gasteiger partial charge in [-0.05, 0) is 26.2 Å². The smallest absolute Gasteiger partial charge is 0.307 e. The Bertz CT molecular complexity index is 520. The van der Waals surface area contributed by atoms with Crippen molar-refractivity contribution in [1.29, 1.82) is 0 Å². The zero-order chi connectivity index (χ0) is 15.8. The number of carbonyl (C=O) groups is 1. The molecule has 1 aromatic rings. The van der Waals surface area contributed by atoms with E-state index in [4.69, 9.17) is 9.47 Å². The topological polar surface area (TPSA) is 69.6 Å². The molecule has 1 atom stereocenters. The molecule has 1 fully saturated rings. The Balaban J connectivity index is 1.50. The molecule has 1 saturated heterocycles. The van der Waals surface area contributed by atoms with Gasteiger partial charge in [0.15, 0.2) is 0 Å². The second-order valence-corrected chi connectivity index (χ2v) is 6.28. The van der Waals surface area contributed by atoms with Crippen LogP contribution in [0, 0.1) is 6.92 Å². The van der Waals surface area contributed by atoms with E-state index in [2.05, 4.69) is 5.32 Å².